The van der Waals surface area contributed by atoms with Crippen LogP contribution in [0.4, 0.5) is 0 Å². The molecule has 0 saturated carbocycles. The first-order valence-corrected chi connectivity index (χ1v) is 8.89. The van der Waals surface area contributed by atoms with Crippen molar-refractivity contribution in [3.8, 4) is 11.5 Å². The van der Waals surface area contributed by atoms with E-state index >= 15 is 0 Å². The average molecular weight is 406 g/mol. The standard InChI is InChI=1S/C18H15ClN2O5S/c1-8-13-16(22)20-15(21-17(13)27-14(8)18(23)24)10(19)6-9-4-5-11(25-2)12(7-9)26-3/h4-7H,1-3H3,(H,23,24)(H,20,21,22)/p-1/b10-6-. The van der Waals surface area contributed by atoms with E-state index in [1.54, 1.807) is 31.2 Å². The van der Waals surface area contributed by atoms with Crippen molar-refractivity contribution in [1.29, 1.82) is 0 Å². The van der Waals surface area contributed by atoms with Crippen molar-refractivity contribution in [3.63, 3.8) is 0 Å². The number of aryl methyl sites for hydroxylation is 1. The summed E-state index contributed by atoms with van der Waals surface area (Å²) in [5.41, 5.74) is 0.573. The van der Waals surface area contributed by atoms with Crippen molar-refractivity contribution in [2.45, 2.75) is 6.92 Å². The van der Waals surface area contributed by atoms with Gasteiger partial charge in [0.2, 0.25) is 0 Å². The number of nitrogens with one attached hydrogen (secondary N) is 1. The highest BCUT2D eigenvalue weighted by Crippen LogP contribution is 2.31. The van der Waals surface area contributed by atoms with E-state index < -0.39 is 11.5 Å². The molecule has 0 atom stereocenters. The molecule has 0 radical (unpaired) electrons. The Morgan fingerprint density at radius 1 is 1.30 bits per heavy atom. The lowest BCUT2D eigenvalue weighted by Gasteiger charge is -2.08. The summed E-state index contributed by atoms with van der Waals surface area (Å²) in [7, 11) is 3.06. The fraction of sp³-hybridized carbons (Fsp3) is 0.167. The monoisotopic (exact) mass is 405 g/mol. The van der Waals surface area contributed by atoms with Gasteiger partial charge in [0.25, 0.3) is 5.56 Å². The molecule has 1 aromatic carbocycles. The zero-order chi connectivity index (χ0) is 19.7. The van der Waals surface area contributed by atoms with Crippen LogP contribution < -0.4 is 20.1 Å². The number of aromatic nitrogens is 2. The fourth-order valence-electron chi connectivity index (χ4n) is 2.61. The van der Waals surface area contributed by atoms with Gasteiger partial charge in [0, 0.05) is 0 Å². The molecular weight excluding hydrogens is 392 g/mol. The van der Waals surface area contributed by atoms with E-state index in [9.17, 15) is 14.7 Å². The maximum Gasteiger partial charge on any atom is 0.260 e. The summed E-state index contributed by atoms with van der Waals surface area (Å²) in [4.78, 5) is 30.7. The molecule has 0 fully saturated rings. The number of hydrogen-bond acceptors (Lipinski definition) is 7. The number of nitrogens with zero attached hydrogens (tertiary/aromatic N) is 1. The number of carbonyl (C=O) groups is 1. The molecule has 1 N–H and O–H groups in total. The van der Waals surface area contributed by atoms with Crippen LogP contribution in [0.3, 0.4) is 0 Å². The summed E-state index contributed by atoms with van der Waals surface area (Å²) in [6, 6.07) is 5.22. The van der Waals surface area contributed by atoms with Crippen molar-refractivity contribution < 1.29 is 19.4 Å². The second-order valence-corrected chi connectivity index (χ2v) is 6.95. The van der Waals surface area contributed by atoms with Crippen molar-refractivity contribution >= 4 is 50.2 Å². The lowest BCUT2D eigenvalue weighted by atomic mass is 10.2. The number of ether oxygens (including phenoxy) is 2. The minimum atomic E-state index is -1.34. The van der Waals surface area contributed by atoms with Crippen LogP contribution in [-0.2, 0) is 0 Å². The van der Waals surface area contributed by atoms with Crippen LogP contribution in [0, 0.1) is 6.92 Å². The van der Waals surface area contributed by atoms with E-state index in [-0.39, 0.29) is 26.0 Å². The van der Waals surface area contributed by atoms with Gasteiger partial charge >= 0.3 is 0 Å². The Bertz CT molecular complexity index is 1130. The van der Waals surface area contributed by atoms with Crippen molar-refractivity contribution in [1.82, 2.24) is 9.97 Å². The van der Waals surface area contributed by atoms with E-state index in [1.807, 2.05) is 0 Å². The molecule has 0 spiro atoms. The van der Waals surface area contributed by atoms with Gasteiger partial charge in [-0.25, -0.2) is 4.98 Å². The largest absolute Gasteiger partial charge is 0.544 e. The number of benzene rings is 1. The predicted octanol–water partition coefficient (Wildman–Crippen LogP) is 2.41. The van der Waals surface area contributed by atoms with Gasteiger partial charge in [-0.1, -0.05) is 17.7 Å². The molecule has 140 valence electrons. The number of aromatic carboxylic acids is 1. The predicted molar refractivity (Wildman–Crippen MR) is 103 cm³/mol. The van der Waals surface area contributed by atoms with E-state index in [2.05, 4.69) is 9.97 Å². The molecule has 0 saturated heterocycles. The number of thiophene rings is 1. The molecule has 0 aliphatic rings. The second-order valence-electron chi connectivity index (χ2n) is 5.55. The number of carbonyl (C=O) groups excluding carboxylic acids is 1. The minimum absolute atomic E-state index is 0.0276. The molecule has 0 amide bonds. The first-order chi connectivity index (χ1) is 12.8. The molecule has 3 aromatic rings. The highest BCUT2D eigenvalue weighted by molar-refractivity contribution is 7.20. The molecule has 2 aromatic heterocycles. The topological polar surface area (TPSA) is 104 Å². The lowest BCUT2D eigenvalue weighted by molar-refractivity contribution is -0.254. The third-order valence-electron chi connectivity index (χ3n) is 3.91. The van der Waals surface area contributed by atoms with E-state index in [4.69, 9.17) is 21.1 Å². The molecule has 0 aliphatic carbocycles. The Morgan fingerprint density at radius 3 is 2.63 bits per heavy atom. The fourth-order valence-corrected chi connectivity index (χ4v) is 3.84. The van der Waals surface area contributed by atoms with Gasteiger partial charge in [0.05, 0.1) is 35.5 Å². The number of fused-ring (bicyclic) bond motifs is 1. The van der Waals surface area contributed by atoms with Crippen molar-refractivity contribution in [2.75, 3.05) is 14.2 Å². The van der Waals surface area contributed by atoms with Crippen LogP contribution in [0.2, 0.25) is 0 Å². The Morgan fingerprint density at radius 2 is 2.00 bits per heavy atom. The first-order valence-electron chi connectivity index (χ1n) is 7.70. The Balaban J connectivity index is 2.08. The van der Waals surface area contributed by atoms with Crippen LogP contribution in [0.1, 0.15) is 26.6 Å². The minimum Gasteiger partial charge on any atom is -0.544 e. The third kappa shape index (κ3) is 3.54. The highest BCUT2D eigenvalue weighted by Gasteiger charge is 2.16. The quantitative estimate of drug-likeness (QED) is 0.699. The highest BCUT2D eigenvalue weighted by atomic mass is 35.5. The number of halogens is 1. The van der Waals surface area contributed by atoms with Crippen LogP contribution in [0.25, 0.3) is 21.3 Å². The van der Waals surface area contributed by atoms with E-state index in [0.29, 0.717) is 22.6 Å². The van der Waals surface area contributed by atoms with Gasteiger partial charge in [-0.05, 0) is 36.3 Å². The maximum atomic E-state index is 12.4. The smallest absolute Gasteiger partial charge is 0.260 e. The van der Waals surface area contributed by atoms with Gasteiger partial charge in [-0.3, -0.25) is 4.79 Å². The molecule has 0 aliphatic heterocycles. The molecule has 2 heterocycles. The van der Waals surface area contributed by atoms with Crippen LogP contribution in [0.15, 0.2) is 23.0 Å². The molecule has 9 heteroatoms. The third-order valence-corrected chi connectivity index (χ3v) is 5.37. The van der Waals surface area contributed by atoms with Gasteiger partial charge in [0.1, 0.15) is 4.83 Å². The Kier molecular flexibility index (Phi) is 5.20. The van der Waals surface area contributed by atoms with Gasteiger partial charge in [-0.2, -0.15) is 0 Å². The van der Waals surface area contributed by atoms with Crippen LogP contribution in [0.5, 0.6) is 11.5 Å². The number of aromatic amines is 1. The number of carboxylic acids is 1. The molecule has 3 rings (SSSR count). The van der Waals surface area contributed by atoms with E-state index in [0.717, 1.165) is 11.3 Å². The Labute approximate surface area is 162 Å². The van der Waals surface area contributed by atoms with Gasteiger partial charge in [0.15, 0.2) is 17.3 Å². The number of rotatable bonds is 5. The molecule has 0 unspecified atom stereocenters. The molecule has 27 heavy (non-hydrogen) atoms. The van der Waals surface area contributed by atoms with Crippen molar-refractivity contribution in [2.24, 2.45) is 0 Å². The van der Waals surface area contributed by atoms with Crippen LogP contribution in [-0.4, -0.2) is 30.2 Å². The van der Waals surface area contributed by atoms with Crippen LogP contribution >= 0.6 is 22.9 Å². The van der Waals surface area contributed by atoms with Crippen molar-refractivity contribution in [3.05, 3.63) is 50.4 Å². The first kappa shape index (κ1) is 18.9. The molecule has 0 bridgehead atoms. The van der Waals surface area contributed by atoms with Gasteiger partial charge in [-0.15, -0.1) is 11.3 Å². The summed E-state index contributed by atoms with van der Waals surface area (Å²) >= 11 is 7.20. The summed E-state index contributed by atoms with van der Waals surface area (Å²) in [6.07, 6.45) is 1.60. The van der Waals surface area contributed by atoms with Gasteiger partial charge < -0.3 is 24.4 Å². The SMILES string of the molecule is COc1ccc(/C=C(\Cl)c2nc3sc(C(=O)[O-])c(C)c3c(=O)[nH]2)cc1OC. The maximum absolute atomic E-state index is 12.4. The zero-order valence-electron chi connectivity index (χ0n) is 14.6. The zero-order valence-corrected chi connectivity index (χ0v) is 16.2. The number of carboxylic acid groups (broad SMARTS) is 1. The number of methoxy groups -OCH3 is 2. The lowest BCUT2D eigenvalue weighted by Crippen LogP contribution is -2.21. The second kappa shape index (κ2) is 7.42. The Hall–Kier alpha value is -2.84. The molecular formula is C18H14ClN2O5S-. The normalized spacial score (nSPS) is 11.6. The number of H-pyrrole nitrogens is 1. The molecule has 7 nitrogen and oxygen atoms in total. The summed E-state index contributed by atoms with van der Waals surface area (Å²) in [5.74, 6) is -0.110. The summed E-state index contributed by atoms with van der Waals surface area (Å²) < 4.78 is 10.4. The summed E-state index contributed by atoms with van der Waals surface area (Å²) in [5, 5.41) is 11.6. The number of hydrogen-bond donors (Lipinski definition) is 1. The van der Waals surface area contributed by atoms with E-state index in [1.165, 1.54) is 14.2 Å². The summed E-state index contributed by atoms with van der Waals surface area (Å²) in [6.45, 7) is 1.54. The average Bonchev–Trinajstić information content (AvgIpc) is 2.98.